The van der Waals surface area contributed by atoms with E-state index in [1.54, 1.807) is 11.3 Å². The normalized spacial score (nSPS) is 17.3. The number of anilines is 1. The number of thiophene rings is 1. The molecule has 1 aliphatic rings. The van der Waals surface area contributed by atoms with Crippen LogP contribution in [-0.4, -0.2) is 48.1 Å². The molecule has 0 spiro atoms. The second kappa shape index (κ2) is 4.61. The molecule has 0 unspecified atom stereocenters. The van der Waals surface area contributed by atoms with Gasteiger partial charge in [-0.3, -0.25) is 9.78 Å². The van der Waals surface area contributed by atoms with E-state index in [4.69, 9.17) is 0 Å². The fourth-order valence-corrected chi connectivity index (χ4v) is 3.44. The van der Waals surface area contributed by atoms with Crippen molar-refractivity contribution >= 4 is 27.5 Å². The van der Waals surface area contributed by atoms with Gasteiger partial charge in [0.2, 0.25) is 5.95 Å². The Kier molecular flexibility index (Phi) is 3.06. The highest BCUT2D eigenvalue weighted by Gasteiger charge is 2.18. The van der Waals surface area contributed by atoms with Gasteiger partial charge in [-0.1, -0.05) is 0 Å². The third-order valence-electron chi connectivity index (χ3n) is 3.83. The van der Waals surface area contributed by atoms with Crippen LogP contribution >= 0.6 is 11.3 Å². The van der Waals surface area contributed by atoms with E-state index in [-0.39, 0.29) is 5.56 Å². The van der Waals surface area contributed by atoms with Crippen LogP contribution in [0.1, 0.15) is 10.4 Å². The zero-order chi connectivity index (χ0) is 13.6. The number of hydrogen-bond donors (Lipinski definition) is 1. The van der Waals surface area contributed by atoms with E-state index >= 15 is 0 Å². The van der Waals surface area contributed by atoms with E-state index in [1.165, 1.54) is 4.88 Å². The molecule has 2 aromatic rings. The van der Waals surface area contributed by atoms with E-state index in [9.17, 15) is 4.79 Å². The summed E-state index contributed by atoms with van der Waals surface area (Å²) >= 11 is 1.60. The van der Waals surface area contributed by atoms with Gasteiger partial charge in [0.25, 0.3) is 5.56 Å². The summed E-state index contributed by atoms with van der Waals surface area (Å²) in [6.45, 7) is 7.86. The van der Waals surface area contributed by atoms with Gasteiger partial charge in [-0.2, -0.15) is 0 Å². The first kappa shape index (κ1) is 12.6. The maximum atomic E-state index is 12.2. The molecule has 0 aliphatic carbocycles. The minimum atomic E-state index is -0.0132. The summed E-state index contributed by atoms with van der Waals surface area (Å²) in [5.74, 6) is 0.715. The Morgan fingerprint density at radius 2 is 1.89 bits per heavy atom. The van der Waals surface area contributed by atoms with Crippen LogP contribution in [0, 0.1) is 13.8 Å². The molecule has 3 rings (SSSR count). The monoisotopic (exact) mass is 278 g/mol. The summed E-state index contributed by atoms with van der Waals surface area (Å²) in [6, 6.07) is 0. The van der Waals surface area contributed by atoms with Crippen molar-refractivity contribution in [2.24, 2.45) is 0 Å². The summed E-state index contributed by atoms with van der Waals surface area (Å²) in [4.78, 5) is 26.3. The van der Waals surface area contributed by atoms with Gasteiger partial charge in [0.15, 0.2) is 0 Å². The number of aryl methyl sites for hydroxylation is 2. The van der Waals surface area contributed by atoms with Crippen LogP contribution in [0.4, 0.5) is 5.95 Å². The average molecular weight is 278 g/mol. The second-order valence-corrected chi connectivity index (χ2v) is 6.35. The lowest BCUT2D eigenvalue weighted by Crippen LogP contribution is -2.45. The highest BCUT2D eigenvalue weighted by molar-refractivity contribution is 7.18. The third-order valence-corrected chi connectivity index (χ3v) is 4.93. The molecule has 1 N–H and O–H groups in total. The van der Waals surface area contributed by atoms with E-state index in [1.807, 2.05) is 13.8 Å². The first-order valence-electron chi connectivity index (χ1n) is 6.50. The van der Waals surface area contributed by atoms with Crippen LogP contribution in [0.2, 0.25) is 0 Å². The van der Waals surface area contributed by atoms with Crippen molar-refractivity contribution in [3.8, 4) is 0 Å². The van der Waals surface area contributed by atoms with Gasteiger partial charge in [0, 0.05) is 31.1 Å². The maximum Gasteiger partial charge on any atom is 0.261 e. The van der Waals surface area contributed by atoms with Gasteiger partial charge in [-0.05, 0) is 26.5 Å². The number of rotatable bonds is 1. The molecule has 0 amide bonds. The van der Waals surface area contributed by atoms with Crippen LogP contribution < -0.4 is 10.5 Å². The van der Waals surface area contributed by atoms with E-state index < -0.39 is 0 Å². The molecule has 1 saturated heterocycles. The van der Waals surface area contributed by atoms with Crippen molar-refractivity contribution in [2.75, 3.05) is 38.1 Å². The van der Waals surface area contributed by atoms with Crippen LogP contribution in [-0.2, 0) is 0 Å². The molecule has 0 saturated carbocycles. The molecule has 5 nitrogen and oxygen atoms in total. The number of aromatic nitrogens is 2. The van der Waals surface area contributed by atoms with E-state index in [2.05, 4.69) is 26.8 Å². The molecular weight excluding hydrogens is 260 g/mol. The lowest BCUT2D eigenvalue weighted by molar-refractivity contribution is 0.311. The first-order chi connectivity index (χ1) is 9.06. The molecule has 0 aromatic carbocycles. The minimum absolute atomic E-state index is 0.0132. The smallest absolute Gasteiger partial charge is 0.261 e. The summed E-state index contributed by atoms with van der Waals surface area (Å²) in [7, 11) is 2.11. The Bertz CT molecular complexity index is 667. The molecule has 0 bridgehead atoms. The van der Waals surface area contributed by atoms with Crippen LogP contribution in [0.3, 0.4) is 0 Å². The predicted molar refractivity (Wildman–Crippen MR) is 79.4 cm³/mol. The zero-order valence-electron chi connectivity index (χ0n) is 11.5. The van der Waals surface area contributed by atoms with Crippen LogP contribution in [0.5, 0.6) is 0 Å². The molecular formula is C13H18N4OS. The quantitative estimate of drug-likeness (QED) is 0.855. The van der Waals surface area contributed by atoms with Crippen LogP contribution in [0.15, 0.2) is 4.79 Å². The highest BCUT2D eigenvalue weighted by Crippen LogP contribution is 2.27. The summed E-state index contributed by atoms with van der Waals surface area (Å²) in [6.07, 6.45) is 0. The maximum absolute atomic E-state index is 12.2. The Balaban J connectivity index is 2.04. The Morgan fingerprint density at radius 3 is 2.58 bits per heavy atom. The Labute approximate surface area is 115 Å². The van der Waals surface area contributed by atoms with Gasteiger partial charge in [0.05, 0.1) is 5.39 Å². The number of piperazine rings is 1. The number of hydrogen-bond acceptors (Lipinski definition) is 5. The van der Waals surface area contributed by atoms with Gasteiger partial charge >= 0.3 is 0 Å². The number of likely N-dealkylation sites (N-methyl/N-ethyl adjacent to an activating group) is 1. The van der Waals surface area contributed by atoms with Crippen molar-refractivity contribution in [2.45, 2.75) is 13.8 Å². The number of nitrogens with zero attached hydrogens (tertiary/aromatic N) is 3. The number of aromatic amines is 1. The fourth-order valence-electron chi connectivity index (χ4n) is 2.41. The number of fused-ring (bicyclic) bond motifs is 1. The van der Waals surface area contributed by atoms with Crippen molar-refractivity contribution < 1.29 is 0 Å². The van der Waals surface area contributed by atoms with Gasteiger partial charge < -0.3 is 9.80 Å². The lowest BCUT2D eigenvalue weighted by Gasteiger charge is -2.32. The van der Waals surface area contributed by atoms with Crippen LogP contribution in [0.25, 0.3) is 10.2 Å². The van der Waals surface area contributed by atoms with Crippen molar-refractivity contribution in [3.63, 3.8) is 0 Å². The second-order valence-electron chi connectivity index (χ2n) is 5.14. The predicted octanol–water partition coefficient (Wildman–Crippen LogP) is 1.35. The van der Waals surface area contributed by atoms with E-state index in [0.29, 0.717) is 5.95 Å². The molecule has 1 aliphatic heterocycles. The zero-order valence-corrected chi connectivity index (χ0v) is 12.3. The van der Waals surface area contributed by atoms with Gasteiger partial charge in [-0.25, -0.2) is 4.98 Å². The standard InChI is InChI=1S/C13H18N4OS/c1-8-9(2)19-12-10(8)11(18)14-13(15-12)17-6-4-16(3)5-7-17/h4-7H2,1-3H3,(H,14,15,18). The lowest BCUT2D eigenvalue weighted by atomic mass is 10.2. The van der Waals surface area contributed by atoms with Crippen molar-refractivity contribution in [1.29, 1.82) is 0 Å². The molecule has 3 heterocycles. The average Bonchev–Trinajstić information content (AvgIpc) is 2.66. The molecule has 0 atom stereocenters. The van der Waals surface area contributed by atoms with Gasteiger partial charge in [0.1, 0.15) is 4.83 Å². The fraction of sp³-hybridized carbons (Fsp3) is 0.538. The van der Waals surface area contributed by atoms with Gasteiger partial charge in [-0.15, -0.1) is 11.3 Å². The number of nitrogens with one attached hydrogen (secondary N) is 1. The van der Waals surface area contributed by atoms with Crippen molar-refractivity contribution in [1.82, 2.24) is 14.9 Å². The Morgan fingerprint density at radius 1 is 1.21 bits per heavy atom. The third kappa shape index (κ3) is 2.15. The summed E-state index contributed by atoms with van der Waals surface area (Å²) in [5.41, 5.74) is 1.04. The van der Waals surface area contributed by atoms with E-state index in [0.717, 1.165) is 42.0 Å². The summed E-state index contributed by atoms with van der Waals surface area (Å²) in [5, 5.41) is 0.750. The summed E-state index contributed by atoms with van der Waals surface area (Å²) < 4.78 is 0. The highest BCUT2D eigenvalue weighted by atomic mass is 32.1. The first-order valence-corrected chi connectivity index (χ1v) is 7.31. The number of H-pyrrole nitrogens is 1. The minimum Gasteiger partial charge on any atom is -0.340 e. The largest absolute Gasteiger partial charge is 0.340 e. The molecule has 102 valence electrons. The Hall–Kier alpha value is -1.40. The topological polar surface area (TPSA) is 52.2 Å². The SMILES string of the molecule is Cc1sc2nc(N3CCN(C)CC3)[nH]c(=O)c2c1C. The molecule has 1 fully saturated rings. The molecule has 6 heteroatoms. The molecule has 2 aromatic heterocycles. The molecule has 0 radical (unpaired) electrons. The van der Waals surface area contributed by atoms with Crippen molar-refractivity contribution in [3.05, 3.63) is 20.8 Å². The molecule has 19 heavy (non-hydrogen) atoms.